The van der Waals surface area contributed by atoms with Gasteiger partial charge in [-0.1, -0.05) is 0 Å². The number of amides is 1. The van der Waals surface area contributed by atoms with E-state index in [1.165, 1.54) is 0 Å². The van der Waals surface area contributed by atoms with Crippen LogP contribution in [0.4, 0.5) is 0 Å². The first kappa shape index (κ1) is 14.5. The molecule has 3 fully saturated rings. The zero-order valence-corrected chi connectivity index (χ0v) is 13.2. The Kier molecular flexibility index (Phi) is 4.14. The SMILES string of the molecule is CC1O[Si]2(CCCNC(=O)[C@@H]3CCCN3)OC(C)C1O2. The van der Waals surface area contributed by atoms with Crippen molar-refractivity contribution in [3.63, 3.8) is 0 Å². The first-order valence-corrected chi connectivity index (χ1v) is 9.57. The summed E-state index contributed by atoms with van der Waals surface area (Å²) in [4.78, 5) is 11.8. The van der Waals surface area contributed by atoms with Crippen molar-refractivity contribution in [2.45, 2.75) is 63.5 Å². The summed E-state index contributed by atoms with van der Waals surface area (Å²) in [7, 11) is -2.43. The lowest BCUT2D eigenvalue weighted by Gasteiger charge is -2.26. The number of hydrogen-bond acceptors (Lipinski definition) is 5. The molecule has 3 saturated heterocycles. The van der Waals surface area contributed by atoms with Crippen LogP contribution in [0.5, 0.6) is 0 Å². The van der Waals surface area contributed by atoms with E-state index < -0.39 is 8.80 Å². The number of rotatable bonds is 5. The van der Waals surface area contributed by atoms with Crippen molar-refractivity contribution in [1.29, 1.82) is 0 Å². The van der Waals surface area contributed by atoms with E-state index in [2.05, 4.69) is 10.6 Å². The summed E-state index contributed by atoms with van der Waals surface area (Å²) < 4.78 is 17.7. The third-order valence-electron chi connectivity index (χ3n) is 4.31. The van der Waals surface area contributed by atoms with Crippen molar-refractivity contribution < 1.29 is 18.1 Å². The molecule has 7 heteroatoms. The highest BCUT2D eigenvalue weighted by Crippen LogP contribution is 2.40. The molecule has 0 aromatic rings. The highest BCUT2D eigenvalue weighted by Gasteiger charge is 2.60. The lowest BCUT2D eigenvalue weighted by atomic mass is 10.1. The molecule has 0 aliphatic carbocycles. The number of nitrogens with one attached hydrogen (secondary N) is 2. The largest absolute Gasteiger partial charge is 0.502 e. The average molecular weight is 300 g/mol. The van der Waals surface area contributed by atoms with Crippen LogP contribution in [0, 0.1) is 0 Å². The topological polar surface area (TPSA) is 68.8 Å². The van der Waals surface area contributed by atoms with Crippen LogP contribution in [0.3, 0.4) is 0 Å². The Labute approximate surface area is 120 Å². The predicted molar refractivity (Wildman–Crippen MR) is 75.2 cm³/mol. The average Bonchev–Trinajstić information content (AvgIpc) is 3.08. The summed E-state index contributed by atoms with van der Waals surface area (Å²) in [5, 5.41) is 6.18. The minimum absolute atomic E-state index is 0.00320. The monoisotopic (exact) mass is 300 g/mol. The second kappa shape index (κ2) is 5.73. The fourth-order valence-electron chi connectivity index (χ4n) is 3.29. The van der Waals surface area contributed by atoms with Gasteiger partial charge in [-0.15, -0.1) is 0 Å². The maximum Gasteiger partial charge on any atom is 0.502 e. The van der Waals surface area contributed by atoms with Gasteiger partial charge < -0.3 is 23.9 Å². The molecule has 0 spiro atoms. The Morgan fingerprint density at radius 3 is 2.65 bits per heavy atom. The molecule has 0 aromatic carbocycles. The van der Waals surface area contributed by atoms with Gasteiger partial charge in [-0.25, -0.2) is 0 Å². The molecule has 3 aliphatic rings. The van der Waals surface area contributed by atoms with E-state index in [1.54, 1.807) is 0 Å². The zero-order chi connectivity index (χ0) is 14.2. The molecular formula is C13H24N2O4Si. The maximum absolute atomic E-state index is 11.8. The third-order valence-corrected chi connectivity index (χ3v) is 7.37. The molecule has 3 atom stereocenters. The summed E-state index contributed by atoms with van der Waals surface area (Å²) in [6.45, 7) is 5.70. The van der Waals surface area contributed by atoms with Crippen molar-refractivity contribution in [3.05, 3.63) is 0 Å². The fourth-order valence-corrected chi connectivity index (χ4v) is 6.62. The lowest BCUT2D eigenvalue weighted by Crippen LogP contribution is -2.45. The molecule has 2 bridgehead atoms. The molecule has 2 unspecified atom stereocenters. The number of hydrogen-bond donors (Lipinski definition) is 2. The molecule has 0 saturated carbocycles. The van der Waals surface area contributed by atoms with E-state index in [9.17, 15) is 4.79 Å². The van der Waals surface area contributed by atoms with Crippen molar-refractivity contribution in [1.82, 2.24) is 10.6 Å². The van der Waals surface area contributed by atoms with Crippen LogP contribution >= 0.6 is 0 Å². The molecule has 3 heterocycles. The van der Waals surface area contributed by atoms with Gasteiger partial charge in [0.15, 0.2) is 0 Å². The molecule has 0 radical (unpaired) electrons. The zero-order valence-electron chi connectivity index (χ0n) is 12.2. The van der Waals surface area contributed by atoms with E-state index in [0.717, 1.165) is 31.9 Å². The summed E-state index contributed by atoms with van der Waals surface area (Å²) in [5.41, 5.74) is 0. The lowest BCUT2D eigenvalue weighted by molar-refractivity contribution is -0.122. The quantitative estimate of drug-likeness (QED) is 0.568. The van der Waals surface area contributed by atoms with Crippen LogP contribution in [0.25, 0.3) is 0 Å². The molecule has 114 valence electrons. The van der Waals surface area contributed by atoms with Crippen molar-refractivity contribution in [3.8, 4) is 0 Å². The van der Waals surface area contributed by atoms with Crippen LogP contribution in [-0.4, -0.2) is 52.2 Å². The molecular weight excluding hydrogens is 276 g/mol. The Bertz CT molecular complexity index is 363. The third kappa shape index (κ3) is 2.78. The van der Waals surface area contributed by atoms with E-state index in [1.807, 2.05) is 13.8 Å². The summed E-state index contributed by atoms with van der Waals surface area (Å²) in [5.74, 6) is 0.113. The standard InChI is InChI=1S/C13H24N2O4Si/c1-9-12-10(2)18-20(17-9,19-12)8-4-7-15-13(16)11-5-3-6-14-11/h9-12,14H,3-8H2,1-2H3,(H,15,16)/t9?,10?,11-,12?,20?/m0/s1. The number of carbonyl (C=O) groups excluding carboxylic acids is 1. The Morgan fingerprint density at radius 2 is 2.05 bits per heavy atom. The van der Waals surface area contributed by atoms with E-state index in [4.69, 9.17) is 13.3 Å². The second-order valence-electron chi connectivity index (χ2n) is 5.95. The number of carbonyl (C=O) groups is 1. The van der Waals surface area contributed by atoms with E-state index in [0.29, 0.717) is 6.54 Å². The van der Waals surface area contributed by atoms with Crippen LogP contribution in [0.15, 0.2) is 0 Å². The first-order valence-electron chi connectivity index (χ1n) is 7.64. The van der Waals surface area contributed by atoms with Crippen LogP contribution in [0.2, 0.25) is 6.04 Å². The molecule has 2 N–H and O–H groups in total. The highest BCUT2D eigenvalue weighted by molar-refractivity contribution is 6.62. The van der Waals surface area contributed by atoms with Gasteiger partial charge in [-0.2, -0.15) is 0 Å². The summed E-state index contributed by atoms with van der Waals surface area (Å²) >= 11 is 0. The number of fused-ring (bicyclic) bond motifs is 2. The van der Waals surface area contributed by atoms with E-state index in [-0.39, 0.29) is 30.3 Å². The highest BCUT2D eigenvalue weighted by atomic mass is 28.4. The van der Waals surface area contributed by atoms with Gasteiger partial charge in [0.1, 0.15) is 0 Å². The van der Waals surface area contributed by atoms with E-state index >= 15 is 0 Å². The fraction of sp³-hybridized carbons (Fsp3) is 0.923. The van der Waals surface area contributed by atoms with Crippen molar-refractivity contribution >= 4 is 14.7 Å². The van der Waals surface area contributed by atoms with Gasteiger partial charge in [-0.05, 0) is 39.7 Å². The van der Waals surface area contributed by atoms with Crippen LogP contribution in [0.1, 0.15) is 33.1 Å². The van der Waals surface area contributed by atoms with Crippen LogP contribution < -0.4 is 10.6 Å². The Balaban J connectivity index is 1.39. The smallest absolute Gasteiger partial charge is 0.368 e. The predicted octanol–water partition coefficient (Wildman–Crippen LogP) is 0.406. The second-order valence-corrected chi connectivity index (χ2v) is 8.53. The summed E-state index contributed by atoms with van der Waals surface area (Å²) in [6, 6.07) is 0.785. The van der Waals surface area contributed by atoms with Gasteiger partial charge in [0.2, 0.25) is 5.91 Å². The summed E-state index contributed by atoms with van der Waals surface area (Å²) in [6.07, 6.45) is 3.25. The van der Waals surface area contributed by atoms with Crippen LogP contribution in [-0.2, 0) is 18.1 Å². The van der Waals surface area contributed by atoms with Gasteiger partial charge in [0.05, 0.1) is 24.4 Å². The first-order chi connectivity index (χ1) is 9.60. The molecule has 3 rings (SSSR count). The molecule has 1 amide bonds. The molecule has 0 aromatic heterocycles. The minimum Gasteiger partial charge on any atom is -0.368 e. The Hall–Kier alpha value is -0.473. The maximum atomic E-state index is 11.8. The molecule has 20 heavy (non-hydrogen) atoms. The normalized spacial score (nSPS) is 43.1. The minimum atomic E-state index is -2.43. The van der Waals surface area contributed by atoms with Gasteiger partial charge in [-0.3, -0.25) is 4.79 Å². The van der Waals surface area contributed by atoms with Gasteiger partial charge in [0, 0.05) is 12.6 Å². The van der Waals surface area contributed by atoms with Gasteiger partial charge in [0.25, 0.3) is 0 Å². The molecule has 3 aliphatic heterocycles. The Morgan fingerprint density at radius 1 is 1.30 bits per heavy atom. The van der Waals surface area contributed by atoms with Gasteiger partial charge >= 0.3 is 8.80 Å². The van der Waals surface area contributed by atoms with Crippen molar-refractivity contribution in [2.24, 2.45) is 0 Å². The van der Waals surface area contributed by atoms with Crippen molar-refractivity contribution in [2.75, 3.05) is 13.1 Å². The molecule has 6 nitrogen and oxygen atoms in total.